The summed E-state index contributed by atoms with van der Waals surface area (Å²) in [7, 11) is 1.81. The Balaban J connectivity index is 2.72. The van der Waals surface area contributed by atoms with Gasteiger partial charge in [0, 0.05) is 12.6 Å². The highest BCUT2D eigenvalue weighted by Crippen LogP contribution is 2.33. The molecule has 7 heteroatoms. The van der Waals surface area contributed by atoms with Gasteiger partial charge in [-0.05, 0) is 21.8 Å². The molecule has 0 atom stereocenters. The molecule has 17 heavy (non-hydrogen) atoms. The van der Waals surface area contributed by atoms with E-state index in [1.165, 1.54) is 6.33 Å². The minimum absolute atomic E-state index is 0.223. The van der Waals surface area contributed by atoms with E-state index in [2.05, 4.69) is 36.2 Å². The first-order valence-corrected chi connectivity index (χ1v) is 6.25. The van der Waals surface area contributed by atoms with E-state index >= 15 is 0 Å². The van der Waals surface area contributed by atoms with Gasteiger partial charge in [-0.25, -0.2) is 14.6 Å². The zero-order valence-electron chi connectivity index (χ0n) is 9.65. The maximum absolute atomic E-state index is 6.13. The number of rotatable bonds is 2. The van der Waals surface area contributed by atoms with Crippen LogP contribution in [0.25, 0.3) is 11.4 Å². The second-order valence-corrected chi connectivity index (χ2v) is 5.04. The lowest BCUT2D eigenvalue weighted by Crippen LogP contribution is -2.03. The molecule has 0 unspecified atom stereocenters. The predicted molar refractivity (Wildman–Crippen MR) is 68.8 cm³/mol. The lowest BCUT2D eigenvalue weighted by atomic mass is 10.0. The molecule has 2 aromatic heterocycles. The van der Waals surface area contributed by atoms with Gasteiger partial charge in [-0.2, -0.15) is 0 Å². The zero-order chi connectivity index (χ0) is 12.6. The van der Waals surface area contributed by atoms with Crippen molar-refractivity contribution in [2.24, 2.45) is 7.05 Å². The molecule has 2 aromatic rings. The lowest BCUT2D eigenvalue weighted by molar-refractivity contribution is 0.716. The van der Waals surface area contributed by atoms with Crippen molar-refractivity contribution in [3.8, 4) is 11.4 Å². The van der Waals surface area contributed by atoms with Gasteiger partial charge < -0.3 is 0 Å². The van der Waals surface area contributed by atoms with Gasteiger partial charge >= 0.3 is 0 Å². The van der Waals surface area contributed by atoms with E-state index in [9.17, 15) is 0 Å². The van der Waals surface area contributed by atoms with Crippen molar-refractivity contribution in [2.45, 2.75) is 19.8 Å². The second kappa shape index (κ2) is 4.70. The van der Waals surface area contributed by atoms with Gasteiger partial charge in [-0.1, -0.05) is 30.7 Å². The van der Waals surface area contributed by atoms with Crippen LogP contribution in [0.15, 0.2) is 10.9 Å². The molecule has 0 amide bonds. The third-order valence-electron chi connectivity index (χ3n) is 2.42. The Morgan fingerprint density at radius 1 is 1.35 bits per heavy atom. The molecule has 0 bridgehead atoms. The fourth-order valence-electron chi connectivity index (χ4n) is 1.66. The fraction of sp³-hybridized carbons (Fsp3) is 0.400. The minimum atomic E-state index is 0.223. The van der Waals surface area contributed by atoms with Crippen LogP contribution in [0.4, 0.5) is 0 Å². The van der Waals surface area contributed by atoms with Crippen LogP contribution >= 0.6 is 27.5 Å². The van der Waals surface area contributed by atoms with Crippen molar-refractivity contribution >= 4 is 27.5 Å². The molecule has 0 fully saturated rings. The van der Waals surface area contributed by atoms with Crippen molar-refractivity contribution in [1.82, 2.24) is 25.0 Å². The standard InChI is InChI=1S/C10H11BrClN5/c1-5(2)6-7(13-4-14-10(6)12)8-9(11)15-16-17(8)3/h4-5H,1-3H3. The molecule has 0 radical (unpaired) electrons. The van der Waals surface area contributed by atoms with Gasteiger partial charge in [0.1, 0.15) is 17.2 Å². The van der Waals surface area contributed by atoms with Crippen molar-refractivity contribution in [1.29, 1.82) is 0 Å². The van der Waals surface area contributed by atoms with Gasteiger partial charge in [0.05, 0.1) is 5.69 Å². The van der Waals surface area contributed by atoms with E-state index in [4.69, 9.17) is 11.6 Å². The molecule has 0 saturated heterocycles. The number of hydrogen-bond acceptors (Lipinski definition) is 4. The summed E-state index contributed by atoms with van der Waals surface area (Å²) in [6.45, 7) is 4.09. The average Bonchev–Trinajstić information content (AvgIpc) is 2.57. The molecule has 0 saturated carbocycles. The number of nitrogens with zero attached hydrogens (tertiary/aromatic N) is 5. The third-order valence-corrected chi connectivity index (χ3v) is 3.26. The summed E-state index contributed by atoms with van der Waals surface area (Å²) in [5, 5.41) is 8.36. The van der Waals surface area contributed by atoms with Crippen LogP contribution < -0.4 is 0 Å². The summed E-state index contributed by atoms with van der Waals surface area (Å²) < 4.78 is 2.31. The highest BCUT2D eigenvalue weighted by Gasteiger charge is 2.20. The zero-order valence-corrected chi connectivity index (χ0v) is 12.0. The molecule has 5 nitrogen and oxygen atoms in total. The largest absolute Gasteiger partial charge is 0.245 e. The van der Waals surface area contributed by atoms with Crippen LogP contribution in [0.1, 0.15) is 25.3 Å². The molecular weight excluding hydrogens is 306 g/mol. The molecule has 0 aromatic carbocycles. The van der Waals surface area contributed by atoms with E-state index < -0.39 is 0 Å². The van der Waals surface area contributed by atoms with E-state index in [1.807, 2.05) is 20.9 Å². The molecule has 2 heterocycles. The van der Waals surface area contributed by atoms with Gasteiger partial charge in [0.15, 0.2) is 4.60 Å². The maximum atomic E-state index is 6.13. The van der Waals surface area contributed by atoms with E-state index in [0.29, 0.717) is 9.76 Å². The summed E-state index contributed by atoms with van der Waals surface area (Å²) in [6, 6.07) is 0. The second-order valence-electron chi connectivity index (χ2n) is 3.93. The van der Waals surface area contributed by atoms with Crippen LogP contribution in [-0.4, -0.2) is 25.0 Å². The number of halogens is 2. The number of aryl methyl sites for hydroxylation is 1. The van der Waals surface area contributed by atoms with Crippen LogP contribution in [0, 0.1) is 0 Å². The van der Waals surface area contributed by atoms with Gasteiger partial charge in [0.2, 0.25) is 0 Å². The SMILES string of the molecule is CC(C)c1c(Cl)ncnc1-c1c(Br)nnn1C. The first-order valence-electron chi connectivity index (χ1n) is 5.08. The molecule has 0 aliphatic carbocycles. The van der Waals surface area contributed by atoms with Crippen LogP contribution in [0.5, 0.6) is 0 Å². The number of aromatic nitrogens is 5. The monoisotopic (exact) mass is 315 g/mol. The molecule has 0 aliphatic rings. The van der Waals surface area contributed by atoms with Crippen LogP contribution in [0.3, 0.4) is 0 Å². The summed E-state index contributed by atoms with van der Waals surface area (Å²) in [5.74, 6) is 0.223. The maximum Gasteiger partial charge on any atom is 0.157 e. The average molecular weight is 317 g/mol. The lowest BCUT2D eigenvalue weighted by Gasteiger charge is -2.12. The smallest absolute Gasteiger partial charge is 0.157 e. The van der Waals surface area contributed by atoms with Crippen molar-refractivity contribution in [2.75, 3.05) is 0 Å². The Hall–Kier alpha value is -1.01. The molecule has 0 spiro atoms. The van der Waals surface area contributed by atoms with Gasteiger partial charge in [-0.15, -0.1) is 5.10 Å². The first kappa shape index (κ1) is 12.4. The molecular formula is C10H11BrClN5. The molecule has 2 rings (SSSR count). The summed E-state index contributed by atoms with van der Waals surface area (Å²) in [4.78, 5) is 8.32. The quantitative estimate of drug-likeness (QED) is 0.799. The molecule has 0 aliphatic heterocycles. The van der Waals surface area contributed by atoms with E-state index in [-0.39, 0.29) is 5.92 Å². The first-order chi connectivity index (χ1) is 8.02. The van der Waals surface area contributed by atoms with Crippen LogP contribution in [-0.2, 0) is 7.05 Å². The van der Waals surface area contributed by atoms with Crippen LogP contribution in [0.2, 0.25) is 5.15 Å². The highest BCUT2D eigenvalue weighted by molar-refractivity contribution is 9.10. The highest BCUT2D eigenvalue weighted by atomic mass is 79.9. The Morgan fingerprint density at radius 3 is 2.59 bits per heavy atom. The third kappa shape index (κ3) is 2.19. The summed E-state index contributed by atoms with van der Waals surface area (Å²) in [5.41, 5.74) is 2.47. The Morgan fingerprint density at radius 2 is 2.06 bits per heavy atom. The summed E-state index contributed by atoms with van der Waals surface area (Å²) in [6.07, 6.45) is 1.45. The summed E-state index contributed by atoms with van der Waals surface area (Å²) >= 11 is 9.49. The van der Waals surface area contributed by atoms with E-state index in [1.54, 1.807) is 4.68 Å². The fourth-order valence-corrected chi connectivity index (χ4v) is 2.52. The Labute approximate surface area is 112 Å². The number of hydrogen-bond donors (Lipinski definition) is 0. The topological polar surface area (TPSA) is 56.5 Å². The predicted octanol–water partition coefficient (Wildman–Crippen LogP) is 2.81. The van der Waals surface area contributed by atoms with Crippen molar-refractivity contribution in [3.05, 3.63) is 21.6 Å². The minimum Gasteiger partial charge on any atom is -0.245 e. The Kier molecular flexibility index (Phi) is 3.44. The van der Waals surface area contributed by atoms with Crippen molar-refractivity contribution < 1.29 is 0 Å². The molecule has 0 N–H and O–H groups in total. The van der Waals surface area contributed by atoms with Gasteiger partial charge in [-0.3, -0.25) is 0 Å². The molecule has 90 valence electrons. The Bertz CT molecular complexity index is 532. The van der Waals surface area contributed by atoms with Gasteiger partial charge in [0.25, 0.3) is 0 Å². The van der Waals surface area contributed by atoms with Crippen molar-refractivity contribution in [3.63, 3.8) is 0 Å². The van der Waals surface area contributed by atoms with E-state index in [0.717, 1.165) is 17.0 Å². The normalized spacial score (nSPS) is 11.2.